The van der Waals surface area contributed by atoms with Gasteiger partial charge >= 0.3 is 5.97 Å². The molecule has 0 amide bonds. The Labute approximate surface area is 98.8 Å². The van der Waals surface area contributed by atoms with E-state index >= 15 is 0 Å². The molecule has 0 bridgehead atoms. The Bertz CT molecular complexity index is 306. The van der Waals surface area contributed by atoms with Crippen LogP contribution in [0.25, 0.3) is 0 Å². The quantitative estimate of drug-likeness (QED) is 0.606. The zero-order valence-corrected chi connectivity index (χ0v) is 10.4. The fourth-order valence-electron chi connectivity index (χ4n) is 1.15. The van der Waals surface area contributed by atoms with Gasteiger partial charge in [-0.25, -0.2) is 0 Å². The van der Waals surface area contributed by atoms with Crippen molar-refractivity contribution in [2.45, 2.75) is 26.2 Å². The van der Waals surface area contributed by atoms with Gasteiger partial charge in [0.1, 0.15) is 0 Å². The highest BCUT2D eigenvalue weighted by Gasteiger charge is 2.03. The van der Waals surface area contributed by atoms with E-state index in [9.17, 15) is 4.79 Å². The van der Waals surface area contributed by atoms with Crippen LogP contribution in [0.3, 0.4) is 0 Å². The van der Waals surface area contributed by atoms with Crippen LogP contribution in [0, 0.1) is 0 Å². The van der Waals surface area contributed by atoms with Crippen LogP contribution in [0.5, 0.6) is 0 Å². The average Bonchev–Trinajstić information content (AvgIpc) is 2.22. The summed E-state index contributed by atoms with van der Waals surface area (Å²) in [5, 5.41) is 0. The van der Waals surface area contributed by atoms with Gasteiger partial charge in [0.25, 0.3) is 0 Å². The average molecular weight is 271 g/mol. The lowest BCUT2D eigenvalue weighted by Gasteiger charge is -2.03. The Morgan fingerprint density at radius 1 is 1.33 bits per heavy atom. The van der Waals surface area contributed by atoms with Crippen LogP contribution in [0.4, 0.5) is 0 Å². The van der Waals surface area contributed by atoms with Crippen LogP contribution in [0.1, 0.15) is 25.3 Å². The third-order valence-electron chi connectivity index (χ3n) is 2.02. The van der Waals surface area contributed by atoms with Crippen molar-refractivity contribution in [1.82, 2.24) is 0 Å². The lowest BCUT2D eigenvalue weighted by Crippen LogP contribution is -2.08. The van der Waals surface area contributed by atoms with E-state index in [2.05, 4.69) is 22.9 Å². The lowest BCUT2D eigenvalue weighted by atomic mass is 10.2. The van der Waals surface area contributed by atoms with Gasteiger partial charge in [0.2, 0.25) is 0 Å². The van der Waals surface area contributed by atoms with Crippen LogP contribution in [-0.4, -0.2) is 12.6 Å². The molecule has 0 aromatic heterocycles. The second kappa shape index (κ2) is 6.62. The molecule has 1 aromatic rings. The molecule has 82 valence electrons. The molecule has 0 aliphatic rings. The second-order valence-electron chi connectivity index (χ2n) is 3.38. The molecule has 0 radical (unpaired) electrons. The fraction of sp³-hybridized carbons (Fsp3) is 0.417. The van der Waals surface area contributed by atoms with Crippen LogP contribution < -0.4 is 0 Å². The number of rotatable bonds is 5. The van der Waals surface area contributed by atoms with E-state index in [1.165, 1.54) is 0 Å². The van der Waals surface area contributed by atoms with Crippen molar-refractivity contribution in [3.63, 3.8) is 0 Å². The largest absolute Gasteiger partial charge is 0.465 e. The Morgan fingerprint density at radius 2 is 2.00 bits per heavy atom. The molecule has 0 saturated heterocycles. The van der Waals surface area contributed by atoms with Crippen molar-refractivity contribution < 1.29 is 9.53 Å². The molecule has 2 nitrogen and oxygen atoms in total. The first-order chi connectivity index (χ1) is 7.22. The molecular weight excluding hydrogens is 256 g/mol. The molecule has 0 aliphatic heterocycles. The summed E-state index contributed by atoms with van der Waals surface area (Å²) in [6, 6.07) is 7.69. The number of unbranched alkanes of at least 4 members (excludes halogenated alkanes) is 1. The summed E-state index contributed by atoms with van der Waals surface area (Å²) in [7, 11) is 0. The first kappa shape index (κ1) is 12.2. The summed E-state index contributed by atoms with van der Waals surface area (Å²) in [6.45, 7) is 2.61. The maximum Gasteiger partial charge on any atom is 0.310 e. The summed E-state index contributed by atoms with van der Waals surface area (Å²) in [6.07, 6.45) is 2.34. The normalized spacial score (nSPS) is 10.0. The first-order valence-electron chi connectivity index (χ1n) is 5.12. The highest BCUT2D eigenvalue weighted by atomic mass is 79.9. The zero-order chi connectivity index (χ0) is 11.1. The molecule has 0 atom stereocenters. The molecule has 0 aliphatic carbocycles. The summed E-state index contributed by atoms with van der Waals surface area (Å²) < 4.78 is 6.09. The molecule has 0 heterocycles. The predicted octanol–water partition coefficient (Wildman–Crippen LogP) is 3.33. The smallest absolute Gasteiger partial charge is 0.310 e. The number of halogens is 1. The van der Waals surface area contributed by atoms with E-state index < -0.39 is 0 Å². The number of carbonyl (C=O) groups excluding carboxylic acids is 1. The number of ether oxygens (including phenoxy) is 1. The lowest BCUT2D eigenvalue weighted by molar-refractivity contribution is -0.142. The molecule has 1 rings (SSSR count). The molecular formula is C12H15BrO2. The van der Waals surface area contributed by atoms with Crippen molar-refractivity contribution in [2.75, 3.05) is 6.61 Å². The van der Waals surface area contributed by atoms with E-state index in [1.54, 1.807) is 0 Å². The summed E-state index contributed by atoms with van der Waals surface area (Å²) in [4.78, 5) is 11.3. The second-order valence-corrected chi connectivity index (χ2v) is 4.29. The standard InChI is InChI=1S/C12H15BrO2/c1-2-3-8-15-12(14)9-10-4-6-11(13)7-5-10/h4-7H,2-3,8-9H2,1H3. The Morgan fingerprint density at radius 3 is 2.60 bits per heavy atom. The van der Waals surface area contributed by atoms with Crippen molar-refractivity contribution in [3.05, 3.63) is 34.3 Å². The Balaban J connectivity index is 2.34. The number of carbonyl (C=O) groups is 1. The van der Waals surface area contributed by atoms with Crippen molar-refractivity contribution in [3.8, 4) is 0 Å². The minimum atomic E-state index is -0.147. The minimum Gasteiger partial charge on any atom is -0.465 e. The molecule has 0 unspecified atom stereocenters. The van der Waals surface area contributed by atoms with Gasteiger partial charge in [-0.05, 0) is 24.1 Å². The van der Waals surface area contributed by atoms with E-state index in [4.69, 9.17) is 4.74 Å². The Hall–Kier alpha value is -0.830. The van der Waals surface area contributed by atoms with Gasteiger partial charge in [0.05, 0.1) is 13.0 Å². The van der Waals surface area contributed by atoms with Crippen LogP contribution >= 0.6 is 15.9 Å². The topological polar surface area (TPSA) is 26.3 Å². The van der Waals surface area contributed by atoms with Gasteiger partial charge in [-0.15, -0.1) is 0 Å². The number of benzene rings is 1. The van der Waals surface area contributed by atoms with Gasteiger partial charge in [-0.1, -0.05) is 41.4 Å². The van der Waals surface area contributed by atoms with E-state index in [-0.39, 0.29) is 5.97 Å². The third-order valence-corrected chi connectivity index (χ3v) is 2.55. The highest BCUT2D eigenvalue weighted by molar-refractivity contribution is 9.10. The van der Waals surface area contributed by atoms with Gasteiger partial charge in [-0.3, -0.25) is 4.79 Å². The van der Waals surface area contributed by atoms with Crippen molar-refractivity contribution in [1.29, 1.82) is 0 Å². The van der Waals surface area contributed by atoms with Gasteiger partial charge in [0, 0.05) is 4.47 Å². The molecule has 0 spiro atoms. The molecule has 0 N–H and O–H groups in total. The SMILES string of the molecule is CCCCOC(=O)Cc1ccc(Br)cc1. The summed E-state index contributed by atoms with van der Waals surface area (Å²) in [5.41, 5.74) is 0.986. The zero-order valence-electron chi connectivity index (χ0n) is 8.83. The number of hydrogen-bond acceptors (Lipinski definition) is 2. The van der Waals surface area contributed by atoms with Gasteiger partial charge in [0.15, 0.2) is 0 Å². The van der Waals surface area contributed by atoms with Crippen LogP contribution in [0.2, 0.25) is 0 Å². The Kier molecular flexibility index (Phi) is 5.40. The predicted molar refractivity (Wildman–Crippen MR) is 63.7 cm³/mol. The minimum absolute atomic E-state index is 0.147. The van der Waals surface area contributed by atoms with E-state index in [0.29, 0.717) is 13.0 Å². The highest BCUT2D eigenvalue weighted by Crippen LogP contribution is 2.11. The van der Waals surface area contributed by atoms with Crippen LogP contribution in [0.15, 0.2) is 28.7 Å². The van der Waals surface area contributed by atoms with Gasteiger partial charge in [-0.2, -0.15) is 0 Å². The van der Waals surface area contributed by atoms with Crippen molar-refractivity contribution in [2.24, 2.45) is 0 Å². The monoisotopic (exact) mass is 270 g/mol. The number of hydrogen-bond donors (Lipinski definition) is 0. The molecule has 0 saturated carbocycles. The van der Waals surface area contributed by atoms with E-state index in [1.807, 2.05) is 24.3 Å². The molecule has 15 heavy (non-hydrogen) atoms. The summed E-state index contributed by atoms with van der Waals surface area (Å²) >= 11 is 3.35. The molecule has 0 fully saturated rings. The maximum absolute atomic E-state index is 11.3. The van der Waals surface area contributed by atoms with Crippen LogP contribution in [-0.2, 0) is 16.0 Å². The van der Waals surface area contributed by atoms with Gasteiger partial charge < -0.3 is 4.74 Å². The fourth-order valence-corrected chi connectivity index (χ4v) is 1.41. The third kappa shape index (κ3) is 4.98. The molecule has 1 aromatic carbocycles. The first-order valence-corrected chi connectivity index (χ1v) is 5.91. The van der Waals surface area contributed by atoms with E-state index in [0.717, 1.165) is 22.9 Å². The summed E-state index contributed by atoms with van der Waals surface area (Å²) in [5.74, 6) is -0.147. The number of esters is 1. The maximum atomic E-state index is 11.3. The molecule has 3 heteroatoms. The van der Waals surface area contributed by atoms with Crippen molar-refractivity contribution >= 4 is 21.9 Å².